The van der Waals surface area contributed by atoms with Crippen LogP contribution in [0.1, 0.15) is 18.9 Å². The molecule has 108 valence electrons. The molecule has 0 saturated heterocycles. The molecular formula is C14H23ClN2O2. The molecule has 19 heavy (non-hydrogen) atoms. The third kappa shape index (κ3) is 7.70. The van der Waals surface area contributed by atoms with E-state index < -0.39 is 0 Å². The largest absolute Gasteiger partial charge is 0.497 e. The third-order valence-electron chi connectivity index (χ3n) is 2.65. The molecule has 0 fully saturated rings. The molecule has 0 unspecified atom stereocenters. The lowest BCUT2D eigenvalue weighted by molar-refractivity contribution is -0.121. The number of carbonyl (C=O) groups excluding carboxylic acids is 1. The van der Waals surface area contributed by atoms with Crippen LogP contribution < -0.4 is 15.4 Å². The van der Waals surface area contributed by atoms with Crippen molar-refractivity contribution in [2.75, 3.05) is 26.7 Å². The van der Waals surface area contributed by atoms with E-state index in [9.17, 15) is 4.79 Å². The fourth-order valence-electron chi connectivity index (χ4n) is 1.64. The Labute approximate surface area is 121 Å². The molecule has 5 heteroatoms. The highest BCUT2D eigenvalue weighted by atomic mass is 35.5. The monoisotopic (exact) mass is 286 g/mol. The SMILES string of the molecule is CCNCCNC(=O)CCc1cccc(OC)c1.Cl. The van der Waals surface area contributed by atoms with Crippen molar-refractivity contribution in [3.05, 3.63) is 29.8 Å². The molecule has 1 aromatic rings. The van der Waals surface area contributed by atoms with Gasteiger partial charge in [-0.1, -0.05) is 19.1 Å². The van der Waals surface area contributed by atoms with Gasteiger partial charge in [-0.3, -0.25) is 4.79 Å². The van der Waals surface area contributed by atoms with Crippen molar-refractivity contribution in [3.63, 3.8) is 0 Å². The number of methoxy groups -OCH3 is 1. The smallest absolute Gasteiger partial charge is 0.220 e. The van der Waals surface area contributed by atoms with Gasteiger partial charge in [0.05, 0.1) is 7.11 Å². The lowest BCUT2D eigenvalue weighted by atomic mass is 10.1. The number of aryl methyl sites for hydroxylation is 1. The van der Waals surface area contributed by atoms with E-state index in [-0.39, 0.29) is 18.3 Å². The molecule has 0 aliphatic carbocycles. The Kier molecular flexibility index (Phi) is 9.94. The van der Waals surface area contributed by atoms with E-state index in [1.807, 2.05) is 31.2 Å². The number of nitrogens with one attached hydrogen (secondary N) is 2. The number of benzene rings is 1. The maximum Gasteiger partial charge on any atom is 0.220 e. The summed E-state index contributed by atoms with van der Waals surface area (Å²) in [7, 11) is 1.65. The second-order valence-electron chi connectivity index (χ2n) is 4.06. The quantitative estimate of drug-likeness (QED) is 0.716. The van der Waals surface area contributed by atoms with Gasteiger partial charge in [0, 0.05) is 19.5 Å². The second-order valence-corrected chi connectivity index (χ2v) is 4.06. The predicted molar refractivity (Wildman–Crippen MR) is 80.1 cm³/mol. The van der Waals surface area contributed by atoms with E-state index in [2.05, 4.69) is 10.6 Å². The first-order valence-corrected chi connectivity index (χ1v) is 6.36. The molecule has 4 nitrogen and oxygen atoms in total. The van der Waals surface area contributed by atoms with Crippen LogP contribution in [0.25, 0.3) is 0 Å². The van der Waals surface area contributed by atoms with Crippen molar-refractivity contribution in [2.24, 2.45) is 0 Å². The second kappa shape index (κ2) is 10.6. The van der Waals surface area contributed by atoms with Crippen molar-refractivity contribution < 1.29 is 9.53 Å². The van der Waals surface area contributed by atoms with Gasteiger partial charge in [-0.25, -0.2) is 0 Å². The van der Waals surface area contributed by atoms with Gasteiger partial charge in [0.25, 0.3) is 0 Å². The van der Waals surface area contributed by atoms with Crippen LogP contribution in [0.2, 0.25) is 0 Å². The minimum absolute atomic E-state index is 0. The fourth-order valence-corrected chi connectivity index (χ4v) is 1.64. The molecule has 0 aliphatic heterocycles. The molecule has 1 amide bonds. The number of hydrogen-bond donors (Lipinski definition) is 2. The van der Waals surface area contributed by atoms with E-state index in [1.54, 1.807) is 7.11 Å². The summed E-state index contributed by atoms with van der Waals surface area (Å²) in [6.45, 7) is 4.48. The standard InChI is InChI=1S/C14H22N2O2.ClH/c1-3-15-9-10-16-14(17)8-7-12-5-4-6-13(11-12)18-2;/h4-6,11,15H,3,7-10H2,1-2H3,(H,16,17);1H. The number of likely N-dealkylation sites (N-methyl/N-ethyl adjacent to an activating group) is 1. The van der Waals surface area contributed by atoms with Gasteiger partial charge in [0.15, 0.2) is 0 Å². The Bertz CT molecular complexity index is 372. The molecule has 0 aromatic heterocycles. The van der Waals surface area contributed by atoms with Crippen molar-refractivity contribution >= 4 is 18.3 Å². The zero-order chi connectivity index (χ0) is 13.2. The predicted octanol–water partition coefficient (Wildman–Crippen LogP) is 1.78. The maximum absolute atomic E-state index is 11.6. The molecule has 0 aliphatic rings. The van der Waals surface area contributed by atoms with Gasteiger partial charge >= 0.3 is 0 Å². The molecule has 0 spiro atoms. The first kappa shape index (κ1) is 17.7. The third-order valence-corrected chi connectivity index (χ3v) is 2.65. The number of amides is 1. The summed E-state index contributed by atoms with van der Waals surface area (Å²) in [4.78, 5) is 11.6. The van der Waals surface area contributed by atoms with Crippen LogP contribution in [0.3, 0.4) is 0 Å². The number of hydrogen-bond acceptors (Lipinski definition) is 3. The average molecular weight is 287 g/mol. The summed E-state index contributed by atoms with van der Waals surface area (Å²) in [6, 6.07) is 7.82. The summed E-state index contributed by atoms with van der Waals surface area (Å²) < 4.78 is 5.14. The lowest BCUT2D eigenvalue weighted by Crippen LogP contribution is -2.31. The van der Waals surface area contributed by atoms with Gasteiger partial charge in [-0.05, 0) is 30.7 Å². The van der Waals surface area contributed by atoms with Crippen molar-refractivity contribution in [1.82, 2.24) is 10.6 Å². The maximum atomic E-state index is 11.6. The van der Waals surface area contributed by atoms with Gasteiger partial charge in [0.2, 0.25) is 5.91 Å². The Morgan fingerprint density at radius 1 is 1.32 bits per heavy atom. The lowest BCUT2D eigenvalue weighted by Gasteiger charge is -2.06. The van der Waals surface area contributed by atoms with E-state index in [0.29, 0.717) is 13.0 Å². The van der Waals surface area contributed by atoms with Crippen LogP contribution in [0.5, 0.6) is 5.75 Å². The number of halogens is 1. The van der Waals surface area contributed by atoms with Crippen LogP contribution >= 0.6 is 12.4 Å². The van der Waals surface area contributed by atoms with Crippen LogP contribution in [0, 0.1) is 0 Å². The van der Waals surface area contributed by atoms with Crippen molar-refractivity contribution in [2.45, 2.75) is 19.8 Å². The van der Waals surface area contributed by atoms with Gasteiger partial charge in [0.1, 0.15) is 5.75 Å². The van der Waals surface area contributed by atoms with Crippen LogP contribution in [-0.2, 0) is 11.2 Å². The Morgan fingerprint density at radius 2 is 2.11 bits per heavy atom. The molecule has 0 saturated carbocycles. The Balaban J connectivity index is 0.00000324. The van der Waals surface area contributed by atoms with E-state index in [1.165, 1.54) is 0 Å². The highest BCUT2D eigenvalue weighted by Crippen LogP contribution is 2.13. The summed E-state index contributed by atoms with van der Waals surface area (Å²) >= 11 is 0. The van der Waals surface area contributed by atoms with Crippen LogP contribution in [-0.4, -0.2) is 32.7 Å². The van der Waals surface area contributed by atoms with Gasteiger partial charge < -0.3 is 15.4 Å². The molecule has 1 rings (SSSR count). The zero-order valence-electron chi connectivity index (χ0n) is 11.6. The molecule has 0 bridgehead atoms. The molecule has 2 N–H and O–H groups in total. The highest BCUT2D eigenvalue weighted by Gasteiger charge is 2.02. The molecule has 0 heterocycles. The number of carbonyl (C=O) groups is 1. The normalized spacial score (nSPS) is 9.58. The molecule has 1 aromatic carbocycles. The molecule has 0 radical (unpaired) electrons. The van der Waals surface area contributed by atoms with Crippen LogP contribution in [0.15, 0.2) is 24.3 Å². The highest BCUT2D eigenvalue weighted by molar-refractivity contribution is 5.85. The molecular weight excluding hydrogens is 264 g/mol. The summed E-state index contributed by atoms with van der Waals surface area (Å²) in [5, 5.41) is 6.04. The summed E-state index contributed by atoms with van der Waals surface area (Å²) in [5.74, 6) is 0.927. The molecule has 0 atom stereocenters. The first-order valence-electron chi connectivity index (χ1n) is 6.36. The summed E-state index contributed by atoms with van der Waals surface area (Å²) in [6.07, 6.45) is 1.25. The van der Waals surface area contributed by atoms with Gasteiger partial charge in [-0.15, -0.1) is 12.4 Å². The van der Waals surface area contributed by atoms with Crippen molar-refractivity contribution in [1.29, 1.82) is 0 Å². The zero-order valence-corrected chi connectivity index (χ0v) is 12.4. The fraction of sp³-hybridized carbons (Fsp3) is 0.500. The topological polar surface area (TPSA) is 50.4 Å². The Hall–Kier alpha value is -1.26. The average Bonchev–Trinajstić information content (AvgIpc) is 2.41. The summed E-state index contributed by atoms with van der Waals surface area (Å²) in [5.41, 5.74) is 1.12. The van der Waals surface area contributed by atoms with E-state index >= 15 is 0 Å². The van der Waals surface area contributed by atoms with Crippen LogP contribution in [0.4, 0.5) is 0 Å². The van der Waals surface area contributed by atoms with E-state index in [0.717, 1.165) is 30.8 Å². The Morgan fingerprint density at radius 3 is 2.79 bits per heavy atom. The van der Waals surface area contributed by atoms with Gasteiger partial charge in [-0.2, -0.15) is 0 Å². The minimum Gasteiger partial charge on any atom is -0.497 e. The first-order chi connectivity index (χ1) is 8.76. The van der Waals surface area contributed by atoms with E-state index in [4.69, 9.17) is 4.74 Å². The van der Waals surface area contributed by atoms with Crippen molar-refractivity contribution in [3.8, 4) is 5.75 Å². The number of rotatable bonds is 8. The number of ether oxygens (including phenoxy) is 1. The minimum atomic E-state index is 0.